The second kappa shape index (κ2) is 7.39. The van der Waals surface area contributed by atoms with Crippen LogP contribution in [0.5, 0.6) is 0 Å². The average molecular weight is 352 g/mol. The Labute approximate surface area is 134 Å². The lowest BCUT2D eigenvalue weighted by molar-refractivity contribution is 0.635. The van der Waals surface area contributed by atoms with Crippen molar-refractivity contribution in [3.63, 3.8) is 0 Å². The van der Waals surface area contributed by atoms with E-state index >= 15 is 0 Å². The quantitative estimate of drug-likeness (QED) is 0.733. The van der Waals surface area contributed by atoms with Gasteiger partial charge in [0.15, 0.2) is 0 Å². The highest BCUT2D eigenvalue weighted by Gasteiger charge is 2.14. The molecule has 2 aromatic rings. The molecule has 1 nitrogen and oxygen atoms in total. The molecule has 1 atom stereocenters. The lowest BCUT2D eigenvalue weighted by Gasteiger charge is -2.17. The smallest absolute Gasteiger partial charge is 0.0702 e. The third-order valence-corrected chi connectivity index (χ3v) is 4.93. The van der Waals surface area contributed by atoms with Crippen molar-refractivity contribution in [3.05, 3.63) is 56.2 Å². The van der Waals surface area contributed by atoms with E-state index in [1.165, 1.54) is 19.8 Å². The third-order valence-electron chi connectivity index (χ3n) is 3.24. The number of hydrogen-bond acceptors (Lipinski definition) is 2. The van der Waals surface area contributed by atoms with Crippen LogP contribution in [0.2, 0.25) is 0 Å². The summed E-state index contributed by atoms with van der Waals surface area (Å²) >= 11 is 5.35. The Kier molecular flexibility index (Phi) is 5.82. The van der Waals surface area contributed by atoms with Crippen molar-refractivity contribution in [3.8, 4) is 0 Å². The predicted molar refractivity (Wildman–Crippen MR) is 92.5 cm³/mol. The molecule has 0 amide bonds. The molecule has 0 radical (unpaired) electrons. The van der Waals surface area contributed by atoms with Crippen molar-refractivity contribution in [1.29, 1.82) is 0 Å². The first-order valence-electron chi connectivity index (χ1n) is 7.17. The maximum atomic E-state index is 3.58. The zero-order valence-electron chi connectivity index (χ0n) is 12.3. The fourth-order valence-electron chi connectivity index (χ4n) is 2.39. The van der Waals surface area contributed by atoms with Gasteiger partial charge in [0.25, 0.3) is 0 Å². The Morgan fingerprint density at radius 2 is 1.80 bits per heavy atom. The summed E-state index contributed by atoms with van der Waals surface area (Å²) in [6, 6.07) is 13.7. The van der Waals surface area contributed by atoms with Crippen LogP contribution in [0.3, 0.4) is 0 Å². The Morgan fingerprint density at radius 1 is 1.10 bits per heavy atom. The van der Waals surface area contributed by atoms with Crippen molar-refractivity contribution in [2.45, 2.75) is 33.2 Å². The van der Waals surface area contributed by atoms with Crippen molar-refractivity contribution in [1.82, 2.24) is 5.32 Å². The van der Waals surface area contributed by atoms with Crippen molar-refractivity contribution in [2.75, 3.05) is 6.54 Å². The van der Waals surface area contributed by atoms with Crippen molar-refractivity contribution >= 4 is 27.3 Å². The Balaban J connectivity index is 2.21. The van der Waals surface area contributed by atoms with E-state index in [0.29, 0.717) is 12.0 Å². The number of nitrogens with one attached hydrogen (secondary N) is 1. The van der Waals surface area contributed by atoms with Gasteiger partial charge in [-0.3, -0.25) is 0 Å². The second-order valence-corrected chi connectivity index (χ2v) is 7.97. The molecule has 1 aromatic heterocycles. The zero-order valence-corrected chi connectivity index (χ0v) is 14.7. The lowest BCUT2D eigenvalue weighted by atomic mass is 9.99. The van der Waals surface area contributed by atoms with Crippen LogP contribution in [0.4, 0.5) is 0 Å². The summed E-state index contributed by atoms with van der Waals surface area (Å²) in [5.74, 6) is 0.707. The number of halogens is 1. The summed E-state index contributed by atoms with van der Waals surface area (Å²) in [4.78, 5) is 1.36. The van der Waals surface area contributed by atoms with Crippen LogP contribution >= 0.6 is 27.3 Å². The largest absolute Gasteiger partial charge is 0.306 e. The minimum atomic E-state index is 0.296. The molecule has 0 aliphatic heterocycles. The summed E-state index contributed by atoms with van der Waals surface area (Å²) in [6.07, 6.45) is 1.15. The molecule has 0 bridgehead atoms. The molecule has 0 saturated heterocycles. The summed E-state index contributed by atoms with van der Waals surface area (Å²) in [5, 5.41) is 3.58. The Bertz CT molecular complexity index is 530. The van der Waals surface area contributed by atoms with Crippen molar-refractivity contribution < 1.29 is 0 Å². The van der Waals surface area contributed by atoms with Gasteiger partial charge in [0.05, 0.1) is 9.83 Å². The highest BCUT2D eigenvalue weighted by molar-refractivity contribution is 9.11. The van der Waals surface area contributed by atoms with E-state index in [9.17, 15) is 0 Å². The molecule has 0 aliphatic carbocycles. The molecule has 20 heavy (non-hydrogen) atoms. The molecule has 3 heteroatoms. The zero-order chi connectivity index (χ0) is 14.5. The molecule has 0 aliphatic rings. The van der Waals surface area contributed by atoms with Crippen LogP contribution in [0.25, 0.3) is 0 Å². The van der Waals surface area contributed by atoms with Crippen LogP contribution in [0, 0.1) is 5.92 Å². The molecular weight excluding hydrogens is 330 g/mol. The Hall–Kier alpha value is -0.640. The summed E-state index contributed by atoms with van der Waals surface area (Å²) in [7, 11) is 0. The first-order chi connectivity index (χ1) is 9.60. The van der Waals surface area contributed by atoms with Crippen LogP contribution < -0.4 is 5.32 Å². The molecule has 1 N–H and O–H groups in total. The number of rotatable bonds is 6. The minimum Gasteiger partial charge on any atom is -0.306 e. The first-order valence-corrected chi connectivity index (χ1v) is 8.78. The van der Waals surface area contributed by atoms with Gasteiger partial charge in [0, 0.05) is 4.88 Å². The van der Waals surface area contributed by atoms with Gasteiger partial charge < -0.3 is 5.32 Å². The van der Waals surface area contributed by atoms with Gasteiger partial charge in [0.1, 0.15) is 0 Å². The fourth-order valence-corrected chi connectivity index (χ4v) is 3.92. The van der Waals surface area contributed by atoms with E-state index < -0.39 is 0 Å². The standard InChI is InChI=1S/C17H22BrNS/c1-4-19-17(15-9-10-16(18)20-15)14-7-5-13(6-8-14)11-12(2)3/h5-10,12,17,19H,4,11H2,1-3H3. The molecule has 0 saturated carbocycles. The maximum Gasteiger partial charge on any atom is 0.0702 e. The van der Waals surface area contributed by atoms with E-state index in [0.717, 1.165) is 13.0 Å². The van der Waals surface area contributed by atoms with Gasteiger partial charge >= 0.3 is 0 Å². The number of hydrogen-bond donors (Lipinski definition) is 1. The fraction of sp³-hybridized carbons (Fsp3) is 0.412. The van der Waals surface area contributed by atoms with E-state index in [1.54, 1.807) is 11.3 Å². The number of thiophene rings is 1. The van der Waals surface area contributed by atoms with Crippen LogP contribution in [-0.4, -0.2) is 6.54 Å². The molecule has 108 valence electrons. The van der Waals surface area contributed by atoms with Gasteiger partial charge in [-0.1, -0.05) is 45.0 Å². The van der Waals surface area contributed by atoms with E-state index in [2.05, 4.69) is 78.4 Å². The molecule has 0 spiro atoms. The van der Waals surface area contributed by atoms with Gasteiger partial charge in [-0.15, -0.1) is 11.3 Å². The lowest BCUT2D eigenvalue weighted by Crippen LogP contribution is -2.21. The second-order valence-electron chi connectivity index (χ2n) is 5.47. The van der Waals surface area contributed by atoms with Gasteiger partial charge in [-0.05, 0) is 58.1 Å². The highest BCUT2D eigenvalue weighted by atomic mass is 79.9. The van der Waals surface area contributed by atoms with Crippen LogP contribution in [0.1, 0.15) is 42.8 Å². The summed E-state index contributed by atoms with van der Waals surface area (Å²) in [6.45, 7) is 7.65. The molecule has 1 aromatic carbocycles. The van der Waals surface area contributed by atoms with E-state index in [-0.39, 0.29) is 0 Å². The van der Waals surface area contributed by atoms with Crippen LogP contribution in [-0.2, 0) is 6.42 Å². The summed E-state index contributed by atoms with van der Waals surface area (Å²) < 4.78 is 1.19. The van der Waals surface area contributed by atoms with Crippen molar-refractivity contribution in [2.24, 2.45) is 5.92 Å². The van der Waals surface area contributed by atoms with E-state index in [4.69, 9.17) is 0 Å². The molecular formula is C17H22BrNS. The number of benzene rings is 1. The summed E-state index contributed by atoms with van der Waals surface area (Å²) in [5.41, 5.74) is 2.76. The molecule has 0 fully saturated rings. The SMILES string of the molecule is CCNC(c1ccc(CC(C)C)cc1)c1ccc(Br)s1. The molecule has 2 rings (SSSR count). The molecule has 1 unspecified atom stereocenters. The Morgan fingerprint density at radius 3 is 2.30 bits per heavy atom. The van der Waals surface area contributed by atoms with Crippen LogP contribution in [0.15, 0.2) is 40.2 Å². The third kappa shape index (κ3) is 4.18. The van der Waals surface area contributed by atoms with Gasteiger partial charge in [-0.25, -0.2) is 0 Å². The topological polar surface area (TPSA) is 12.0 Å². The maximum absolute atomic E-state index is 3.58. The normalized spacial score (nSPS) is 12.8. The first kappa shape index (κ1) is 15.7. The van der Waals surface area contributed by atoms with Gasteiger partial charge in [-0.2, -0.15) is 0 Å². The molecule has 1 heterocycles. The van der Waals surface area contributed by atoms with Gasteiger partial charge in [0.2, 0.25) is 0 Å². The average Bonchev–Trinajstić information content (AvgIpc) is 2.83. The predicted octanol–water partition coefficient (Wildman–Crippen LogP) is 5.41. The monoisotopic (exact) mass is 351 g/mol. The van der Waals surface area contributed by atoms with E-state index in [1.807, 2.05) is 0 Å². The minimum absolute atomic E-state index is 0.296. The highest BCUT2D eigenvalue weighted by Crippen LogP contribution is 2.31.